The molecular weight excluding hydrogens is 546 g/mol. The Morgan fingerprint density at radius 2 is 1.80 bits per heavy atom. The van der Waals surface area contributed by atoms with Crippen LogP contribution in [0.4, 0.5) is 5.82 Å². The largest absolute Gasteiger partial charge is 0.480 e. The molecule has 0 radical (unpaired) electrons. The Hall–Kier alpha value is -3.06. The van der Waals surface area contributed by atoms with Crippen molar-refractivity contribution in [3.05, 3.63) is 52.7 Å². The molecule has 5 rings (SSSR count). The van der Waals surface area contributed by atoms with Crippen molar-refractivity contribution >= 4 is 27.7 Å². The number of nitrogens with one attached hydrogen (secondary N) is 3. The molecule has 1 saturated heterocycles. The van der Waals surface area contributed by atoms with Crippen LogP contribution in [0.2, 0.25) is 0 Å². The summed E-state index contributed by atoms with van der Waals surface area (Å²) >= 11 is 0. The van der Waals surface area contributed by atoms with Crippen molar-refractivity contribution in [1.29, 1.82) is 0 Å². The molecule has 2 aromatic rings. The van der Waals surface area contributed by atoms with E-state index >= 15 is 0 Å². The van der Waals surface area contributed by atoms with Crippen LogP contribution in [0.25, 0.3) is 0 Å². The Morgan fingerprint density at radius 1 is 1.05 bits per heavy atom. The summed E-state index contributed by atoms with van der Waals surface area (Å²) in [6.07, 6.45) is 6.24. The lowest BCUT2D eigenvalue weighted by Gasteiger charge is -2.41. The summed E-state index contributed by atoms with van der Waals surface area (Å²) in [4.78, 5) is 29.0. The summed E-state index contributed by atoms with van der Waals surface area (Å²) in [5, 5.41) is 28.8. The number of benzene rings is 1. The number of carboxylic acids is 1. The van der Waals surface area contributed by atoms with Gasteiger partial charge < -0.3 is 20.8 Å². The van der Waals surface area contributed by atoms with Gasteiger partial charge in [0.15, 0.2) is 0 Å². The third-order valence-corrected chi connectivity index (χ3v) is 10.1. The van der Waals surface area contributed by atoms with E-state index in [2.05, 4.69) is 27.0 Å². The summed E-state index contributed by atoms with van der Waals surface area (Å²) in [5.74, 6) is -0.971. The monoisotopic (exact) mass is 585 g/mol. The van der Waals surface area contributed by atoms with Crippen molar-refractivity contribution in [2.75, 3.05) is 31.5 Å². The fraction of sp³-hybridized carbons (Fsp3) is 0.552. The number of sulfonamides is 1. The highest BCUT2D eigenvalue weighted by atomic mass is 32.2. The normalized spacial score (nSPS) is 18.5. The van der Waals surface area contributed by atoms with E-state index < -0.39 is 34.2 Å². The molecule has 0 saturated carbocycles. The van der Waals surface area contributed by atoms with Gasteiger partial charge in [0.2, 0.25) is 15.9 Å². The summed E-state index contributed by atoms with van der Waals surface area (Å²) < 4.78 is 27.3. The van der Waals surface area contributed by atoms with Gasteiger partial charge in [-0.3, -0.25) is 14.9 Å². The second-order valence-electron chi connectivity index (χ2n) is 11.2. The van der Waals surface area contributed by atoms with E-state index in [0.29, 0.717) is 6.42 Å². The highest BCUT2D eigenvalue weighted by Crippen LogP contribution is 2.30. The third kappa shape index (κ3) is 7.06. The predicted octanol–water partition coefficient (Wildman–Crippen LogP) is 1.44. The number of carboxylic acid groups (broad SMARTS) is 1. The molecule has 1 fully saturated rings. The minimum atomic E-state index is -3.68. The predicted molar refractivity (Wildman–Crippen MR) is 153 cm³/mol. The minimum Gasteiger partial charge on any atom is -0.480 e. The van der Waals surface area contributed by atoms with Crippen LogP contribution in [0, 0.1) is 5.92 Å². The molecule has 1 amide bonds. The molecule has 3 heterocycles. The van der Waals surface area contributed by atoms with E-state index in [4.69, 9.17) is 0 Å². The van der Waals surface area contributed by atoms with Gasteiger partial charge >= 0.3 is 5.97 Å². The molecule has 3 aliphatic rings. The number of aliphatic hydroxyl groups excluding tert-OH is 1. The summed E-state index contributed by atoms with van der Waals surface area (Å²) in [6, 6.07) is 8.18. The Labute approximate surface area is 240 Å². The standard InChI is InChI=1S/C29H39N5O6S/c35-26(9-2-1-8-23-12-10-20-7-4-14-30-27(20)32-23)31-16-25(29(37)38)33-28(36)22-17-34(18-22)41(39,40)24-13-11-19-5-3-6-21(19)15-24/h10-13,15,22,25,28,33,36H,1-9,14,16-18H2,(H,30,32)(H,31,35)(H,37,38)/t25-,28?/m0/s1. The summed E-state index contributed by atoms with van der Waals surface area (Å²) in [6.45, 7) is 0.916. The van der Waals surface area contributed by atoms with E-state index in [0.717, 1.165) is 68.6 Å². The topological polar surface area (TPSA) is 161 Å². The molecule has 12 heteroatoms. The van der Waals surface area contributed by atoms with E-state index in [1.165, 1.54) is 15.4 Å². The van der Waals surface area contributed by atoms with Gasteiger partial charge in [0, 0.05) is 44.2 Å². The van der Waals surface area contributed by atoms with Gasteiger partial charge in [-0.1, -0.05) is 12.1 Å². The number of nitrogens with zero attached hydrogens (tertiary/aromatic N) is 2. The number of hydrogen-bond donors (Lipinski definition) is 5. The smallest absolute Gasteiger partial charge is 0.322 e. The van der Waals surface area contributed by atoms with Crippen LogP contribution in [0.15, 0.2) is 35.2 Å². The molecular formula is C29H39N5O6S. The zero-order valence-electron chi connectivity index (χ0n) is 23.1. The lowest BCUT2D eigenvalue weighted by molar-refractivity contribution is -0.141. The number of rotatable bonds is 13. The van der Waals surface area contributed by atoms with Crippen LogP contribution >= 0.6 is 0 Å². The number of aliphatic carboxylic acids is 1. The molecule has 41 heavy (non-hydrogen) atoms. The maximum Gasteiger partial charge on any atom is 0.322 e. The van der Waals surface area contributed by atoms with Crippen LogP contribution in [0.5, 0.6) is 0 Å². The second kappa shape index (κ2) is 12.8. The molecule has 222 valence electrons. The van der Waals surface area contributed by atoms with Crippen molar-refractivity contribution in [3.63, 3.8) is 0 Å². The van der Waals surface area contributed by atoms with Crippen molar-refractivity contribution in [2.24, 2.45) is 5.92 Å². The van der Waals surface area contributed by atoms with Crippen molar-refractivity contribution < 1.29 is 28.2 Å². The molecule has 2 aliphatic heterocycles. The number of fused-ring (bicyclic) bond motifs is 2. The number of unbranched alkanes of at least 4 members (excludes halogenated alkanes) is 1. The number of aromatic nitrogens is 1. The quantitative estimate of drug-likeness (QED) is 0.173. The number of amides is 1. The van der Waals surface area contributed by atoms with E-state index in [1.807, 2.05) is 12.1 Å². The first-order valence-corrected chi connectivity index (χ1v) is 15.9. The highest BCUT2D eigenvalue weighted by molar-refractivity contribution is 7.89. The lowest BCUT2D eigenvalue weighted by Crippen LogP contribution is -2.60. The van der Waals surface area contributed by atoms with Crippen LogP contribution < -0.4 is 16.0 Å². The molecule has 2 atom stereocenters. The summed E-state index contributed by atoms with van der Waals surface area (Å²) in [7, 11) is -3.68. The van der Waals surface area contributed by atoms with E-state index in [9.17, 15) is 28.2 Å². The molecule has 1 unspecified atom stereocenters. The Kier molecular flexibility index (Phi) is 9.22. The number of aryl methyl sites for hydroxylation is 4. The fourth-order valence-electron chi connectivity index (χ4n) is 5.69. The molecule has 1 aromatic heterocycles. The SMILES string of the molecule is O=C(CCCCc1ccc2c(n1)NCCC2)NC[C@H](NC(O)C1CN(S(=O)(=O)c2ccc3c(c2)CCC3)C1)C(=O)O. The molecule has 0 bridgehead atoms. The van der Waals surface area contributed by atoms with Gasteiger partial charge in [-0.25, -0.2) is 13.4 Å². The number of aliphatic hydroxyl groups is 1. The Bertz CT molecular complexity index is 1380. The highest BCUT2D eigenvalue weighted by Gasteiger charge is 2.41. The summed E-state index contributed by atoms with van der Waals surface area (Å²) in [5.41, 5.74) is 4.48. The second-order valence-corrected chi connectivity index (χ2v) is 13.2. The van der Waals surface area contributed by atoms with Gasteiger partial charge in [-0.05, 0) is 86.3 Å². The molecule has 1 aliphatic carbocycles. The maximum atomic E-state index is 13.0. The first kappa shape index (κ1) is 29.4. The van der Waals surface area contributed by atoms with Crippen molar-refractivity contribution in [1.82, 2.24) is 19.9 Å². The average Bonchev–Trinajstić information content (AvgIpc) is 3.40. The average molecular weight is 586 g/mol. The zero-order valence-corrected chi connectivity index (χ0v) is 24.0. The van der Waals surface area contributed by atoms with Gasteiger partial charge in [0.25, 0.3) is 0 Å². The van der Waals surface area contributed by atoms with E-state index in [1.54, 1.807) is 12.1 Å². The first-order chi connectivity index (χ1) is 19.7. The van der Waals surface area contributed by atoms with Gasteiger partial charge in [0.05, 0.1) is 4.90 Å². The maximum absolute atomic E-state index is 13.0. The van der Waals surface area contributed by atoms with E-state index in [-0.39, 0.29) is 36.9 Å². The minimum absolute atomic E-state index is 0.0847. The van der Waals surface area contributed by atoms with Crippen molar-refractivity contribution in [3.8, 4) is 0 Å². The number of carbonyl (C=O) groups excluding carboxylic acids is 1. The number of pyridine rings is 1. The number of carbonyl (C=O) groups is 2. The number of hydrogen-bond acceptors (Lipinski definition) is 8. The van der Waals surface area contributed by atoms with Crippen molar-refractivity contribution in [2.45, 2.75) is 75.0 Å². The molecule has 11 nitrogen and oxygen atoms in total. The first-order valence-electron chi connectivity index (χ1n) is 14.5. The van der Waals surface area contributed by atoms with Crippen LogP contribution in [-0.2, 0) is 45.3 Å². The molecule has 1 aromatic carbocycles. The number of anilines is 1. The third-order valence-electron chi connectivity index (χ3n) is 8.24. The van der Waals surface area contributed by atoms with Crippen LogP contribution in [-0.4, -0.2) is 78.2 Å². The van der Waals surface area contributed by atoms with Gasteiger partial charge in [-0.2, -0.15) is 4.31 Å². The Balaban J connectivity index is 1.02. The molecule has 5 N–H and O–H groups in total. The zero-order chi connectivity index (χ0) is 29.0. The fourth-order valence-corrected chi connectivity index (χ4v) is 7.29. The van der Waals surface area contributed by atoms with Gasteiger partial charge in [0.1, 0.15) is 18.1 Å². The molecule has 0 spiro atoms. The van der Waals surface area contributed by atoms with Gasteiger partial charge in [-0.15, -0.1) is 0 Å². The Morgan fingerprint density at radius 3 is 2.61 bits per heavy atom. The van der Waals surface area contributed by atoms with Crippen LogP contribution in [0.3, 0.4) is 0 Å². The lowest BCUT2D eigenvalue weighted by atomic mass is 10.0. The van der Waals surface area contributed by atoms with Crippen LogP contribution in [0.1, 0.15) is 54.5 Å².